The summed E-state index contributed by atoms with van der Waals surface area (Å²) in [7, 11) is 0. The molecule has 5 aromatic rings. The predicted molar refractivity (Wildman–Crippen MR) is 161 cm³/mol. The van der Waals surface area contributed by atoms with E-state index in [-0.39, 0.29) is 24.2 Å². The Bertz CT molecular complexity index is 1720. The smallest absolute Gasteiger partial charge is 0.131 e. The molecular weight excluding hydrogens is 528 g/mol. The number of fused-ring (bicyclic) bond motifs is 2. The Morgan fingerprint density at radius 2 is 1.19 bits per heavy atom. The topological polar surface area (TPSA) is 65.3 Å². The van der Waals surface area contributed by atoms with E-state index in [4.69, 9.17) is 28.4 Å². The molecule has 3 aliphatic heterocycles. The van der Waals surface area contributed by atoms with Crippen molar-refractivity contribution >= 4 is 21.5 Å². The van der Waals surface area contributed by atoms with Gasteiger partial charge >= 0.3 is 0 Å². The molecule has 3 fully saturated rings. The van der Waals surface area contributed by atoms with Crippen LogP contribution < -0.4 is 14.2 Å². The Hall–Kier alpha value is -4.10. The predicted octanol–water partition coefficient (Wildman–Crippen LogP) is 6.51. The molecule has 0 N–H and O–H groups in total. The summed E-state index contributed by atoms with van der Waals surface area (Å²) in [5.41, 5.74) is 3.36. The van der Waals surface area contributed by atoms with Crippen LogP contribution in [-0.4, -0.2) is 58.0 Å². The maximum Gasteiger partial charge on any atom is 0.131 e. The first-order chi connectivity index (χ1) is 20.8. The van der Waals surface area contributed by atoms with Gasteiger partial charge in [-0.25, -0.2) is 0 Å². The molecule has 0 aliphatic carbocycles. The third-order valence-electron chi connectivity index (χ3n) is 8.10. The summed E-state index contributed by atoms with van der Waals surface area (Å²) in [5.74, 6) is 2.47. The molecule has 5 aromatic carbocycles. The Morgan fingerprint density at radius 1 is 0.571 bits per heavy atom. The number of epoxide rings is 3. The fraction of sp³-hybridized carbons (Fsp3) is 0.278. The molecule has 6 nitrogen and oxygen atoms in total. The average Bonchev–Trinajstić information content (AvgIpc) is 3.86. The monoisotopic (exact) mass is 560 g/mol. The molecule has 0 aromatic heterocycles. The van der Waals surface area contributed by atoms with E-state index < -0.39 is 0 Å². The van der Waals surface area contributed by atoms with E-state index in [0.29, 0.717) is 19.8 Å². The van der Waals surface area contributed by atoms with Crippen LogP contribution in [0.25, 0.3) is 21.5 Å². The maximum absolute atomic E-state index is 6.59. The Kier molecular flexibility index (Phi) is 6.67. The molecule has 0 spiro atoms. The molecule has 0 bridgehead atoms. The van der Waals surface area contributed by atoms with Gasteiger partial charge in [0.15, 0.2) is 0 Å². The van der Waals surface area contributed by atoms with Gasteiger partial charge in [0.05, 0.1) is 19.8 Å². The average molecular weight is 561 g/mol. The molecule has 8 rings (SSSR count). The van der Waals surface area contributed by atoms with Gasteiger partial charge in [-0.1, -0.05) is 72.8 Å². The van der Waals surface area contributed by atoms with Crippen LogP contribution in [0.5, 0.6) is 17.2 Å². The zero-order chi connectivity index (χ0) is 27.9. The lowest BCUT2D eigenvalue weighted by Crippen LogP contribution is -2.11. The quantitative estimate of drug-likeness (QED) is 0.128. The van der Waals surface area contributed by atoms with Crippen LogP contribution in [0.4, 0.5) is 0 Å². The molecule has 212 valence electrons. The van der Waals surface area contributed by atoms with Crippen LogP contribution in [0.15, 0.2) is 97.1 Å². The van der Waals surface area contributed by atoms with E-state index in [2.05, 4.69) is 84.9 Å². The standard InChI is InChI=1S/C36H32O6/c1-4-8-32-23(5-1)11-14-33(36(32)42-22-30-20-40-30)35(24-9-12-27(13-10-24)37-17-28-18-38-28)26-15-25-6-2-3-7-31(25)34(16-26)41-21-29-19-39-29/h1-16,28-30,35H,17-22H2. The summed E-state index contributed by atoms with van der Waals surface area (Å²) in [5, 5.41) is 4.45. The number of hydrogen-bond acceptors (Lipinski definition) is 6. The zero-order valence-corrected chi connectivity index (χ0v) is 23.2. The van der Waals surface area contributed by atoms with Gasteiger partial charge in [0.1, 0.15) is 55.4 Å². The van der Waals surface area contributed by atoms with E-state index in [1.54, 1.807) is 0 Å². The summed E-state index contributed by atoms with van der Waals surface area (Å²) in [6.45, 7) is 3.91. The van der Waals surface area contributed by atoms with Crippen molar-refractivity contribution in [2.75, 3.05) is 39.6 Å². The van der Waals surface area contributed by atoms with Crippen LogP contribution in [0.2, 0.25) is 0 Å². The van der Waals surface area contributed by atoms with Gasteiger partial charge in [-0.3, -0.25) is 0 Å². The van der Waals surface area contributed by atoms with E-state index in [1.807, 2.05) is 12.1 Å². The Balaban J connectivity index is 1.27. The third kappa shape index (κ3) is 5.53. The fourth-order valence-electron chi connectivity index (χ4n) is 5.58. The summed E-state index contributed by atoms with van der Waals surface area (Å²) >= 11 is 0. The second-order valence-electron chi connectivity index (χ2n) is 11.2. The summed E-state index contributed by atoms with van der Waals surface area (Å²) in [6.07, 6.45) is 0.525. The van der Waals surface area contributed by atoms with E-state index in [0.717, 1.165) is 75.3 Å². The minimum absolute atomic E-state index is 0.116. The highest BCUT2D eigenvalue weighted by atomic mass is 16.6. The highest BCUT2D eigenvalue weighted by Crippen LogP contribution is 2.44. The summed E-state index contributed by atoms with van der Waals surface area (Å²) < 4.78 is 35.2. The Labute approximate surface area is 244 Å². The fourth-order valence-corrected chi connectivity index (χ4v) is 5.58. The van der Waals surface area contributed by atoms with E-state index in [1.165, 1.54) is 0 Å². The molecular formula is C36H32O6. The molecule has 4 atom stereocenters. The molecule has 3 heterocycles. The van der Waals surface area contributed by atoms with Crippen LogP contribution in [0, 0.1) is 0 Å². The summed E-state index contributed by atoms with van der Waals surface area (Å²) in [4.78, 5) is 0. The van der Waals surface area contributed by atoms with Gasteiger partial charge in [0.25, 0.3) is 0 Å². The van der Waals surface area contributed by atoms with Gasteiger partial charge < -0.3 is 28.4 Å². The van der Waals surface area contributed by atoms with Crippen LogP contribution >= 0.6 is 0 Å². The molecule has 3 saturated heterocycles. The van der Waals surface area contributed by atoms with Crippen LogP contribution in [-0.2, 0) is 14.2 Å². The lowest BCUT2D eigenvalue weighted by molar-refractivity contribution is 0.262. The highest BCUT2D eigenvalue weighted by molar-refractivity contribution is 5.92. The third-order valence-corrected chi connectivity index (χ3v) is 8.10. The first-order valence-corrected chi connectivity index (χ1v) is 14.7. The lowest BCUT2D eigenvalue weighted by Gasteiger charge is -2.24. The van der Waals surface area contributed by atoms with Gasteiger partial charge in [0.2, 0.25) is 0 Å². The molecule has 0 saturated carbocycles. The number of benzene rings is 5. The molecule has 42 heavy (non-hydrogen) atoms. The molecule has 4 unspecified atom stereocenters. The van der Waals surface area contributed by atoms with E-state index >= 15 is 0 Å². The van der Waals surface area contributed by atoms with Crippen molar-refractivity contribution in [3.8, 4) is 17.2 Å². The molecule has 0 radical (unpaired) electrons. The molecule has 3 aliphatic rings. The van der Waals surface area contributed by atoms with Gasteiger partial charge in [-0.2, -0.15) is 0 Å². The van der Waals surface area contributed by atoms with Gasteiger partial charge in [-0.05, 0) is 46.2 Å². The van der Waals surface area contributed by atoms with Crippen molar-refractivity contribution in [2.45, 2.75) is 24.2 Å². The number of hydrogen-bond donors (Lipinski definition) is 0. The second-order valence-corrected chi connectivity index (χ2v) is 11.2. The van der Waals surface area contributed by atoms with Crippen molar-refractivity contribution in [1.29, 1.82) is 0 Å². The minimum Gasteiger partial charge on any atom is -0.491 e. The van der Waals surface area contributed by atoms with Crippen molar-refractivity contribution in [1.82, 2.24) is 0 Å². The van der Waals surface area contributed by atoms with Crippen molar-refractivity contribution in [3.63, 3.8) is 0 Å². The van der Waals surface area contributed by atoms with Crippen molar-refractivity contribution in [2.24, 2.45) is 0 Å². The summed E-state index contributed by atoms with van der Waals surface area (Å²) in [6, 6.07) is 34.1. The van der Waals surface area contributed by atoms with Crippen LogP contribution in [0.1, 0.15) is 22.6 Å². The van der Waals surface area contributed by atoms with Gasteiger partial charge in [0, 0.05) is 22.3 Å². The van der Waals surface area contributed by atoms with Crippen molar-refractivity contribution < 1.29 is 28.4 Å². The first-order valence-electron chi connectivity index (χ1n) is 14.7. The largest absolute Gasteiger partial charge is 0.491 e. The minimum atomic E-state index is -0.116. The Morgan fingerprint density at radius 3 is 1.90 bits per heavy atom. The lowest BCUT2D eigenvalue weighted by atomic mass is 9.82. The van der Waals surface area contributed by atoms with E-state index in [9.17, 15) is 0 Å². The second kappa shape index (κ2) is 11.0. The van der Waals surface area contributed by atoms with Crippen LogP contribution in [0.3, 0.4) is 0 Å². The number of rotatable bonds is 12. The highest BCUT2D eigenvalue weighted by Gasteiger charge is 2.29. The molecule has 6 heteroatoms. The SMILES string of the molecule is c1ccc2c(OCC3CO3)cc(C(c3ccc(OCC4CO4)cc3)c3ccc4ccccc4c3OCC3CO3)cc2c1. The zero-order valence-electron chi connectivity index (χ0n) is 23.2. The molecule has 0 amide bonds. The maximum atomic E-state index is 6.59. The van der Waals surface area contributed by atoms with Crippen molar-refractivity contribution in [3.05, 3.63) is 114 Å². The number of ether oxygens (including phenoxy) is 6. The normalized spacial score (nSPS) is 21.2. The first kappa shape index (κ1) is 25.6. The van der Waals surface area contributed by atoms with Gasteiger partial charge in [-0.15, -0.1) is 0 Å².